The van der Waals surface area contributed by atoms with Crippen molar-refractivity contribution >= 4 is 22.3 Å². The lowest BCUT2D eigenvalue weighted by Crippen LogP contribution is -2.18. The molecule has 0 saturated carbocycles. The van der Waals surface area contributed by atoms with Crippen molar-refractivity contribution in [3.8, 4) is 0 Å². The van der Waals surface area contributed by atoms with Crippen LogP contribution in [-0.2, 0) is 14.3 Å². The van der Waals surface area contributed by atoms with Crippen LogP contribution in [-0.4, -0.2) is 50.2 Å². The molecule has 2 aliphatic heterocycles. The van der Waals surface area contributed by atoms with E-state index in [4.69, 9.17) is 14.6 Å². The zero-order valence-electron chi connectivity index (χ0n) is 11.1. The quantitative estimate of drug-likeness (QED) is 0.902. The first-order valence-corrected chi connectivity index (χ1v) is 7.72. The maximum Gasteiger partial charge on any atom is 0.332 e. The van der Waals surface area contributed by atoms with Gasteiger partial charge in [0.05, 0.1) is 6.61 Å². The number of hydrogen-bond donors (Lipinski definition) is 1. The summed E-state index contributed by atoms with van der Waals surface area (Å²) in [5.41, 5.74) is 0. The molecular formula is C12H14N4O4S. The van der Waals surface area contributed by atoms with E-state index in [1.165, 1.54) is 11.3 Å². The van der Waals surface area contributed by atoms with Crippen LogP contribution in [0.4, 0.5) is 0 Å². The Hall–Kier alpha value is -1.58. The monoisotopic (exact) mass is 310 g/mol. The van der Waals surface area contributed by atoms with Gasteiger partial charge in [-0.15, -0.1) is 10.2 Å². The zero-order valence-corrected chi connectivity index (χ0v) is 12.0. The lowest BCUT2D eigenvalue weighted by molar-refractivity contribution is -0.149. The number of rotatable bonds is 3. The average molecular weight is 310 g/mol. The number of aliphatic carboxylic acids is 1. The summed E-state index contributed by atoms with van der Waals surface area (Å²) in [6.07, 6.45) is 1.12. The molecule has 4 rings (SSSR count). The van der Waals surface area contributed by atoms with Crippen molar-refractivity contribution in [2.45, 2.75) is 37.4 Å². The van der Waals surface area contributed by atoms with Gasteiger partial charge in [-0.25, -0.2) is 4.79 Å². The SMILES string of the molecule is O=C(O)C1CCC(c2nn3c(C4CCOC4)nnc3s2)O1. The first-order valence-electron chi connectivity index (χ1n) is 6.90. The summed E-state index contributed by atoms with van der Waals surface area (Å²) in [5.74, 6) is 0.133. The Kier molecular flexibility index (Phi) is 3.12. The molecule has 1 N–H and O–H groups in total. The molecule has 9 heteroatoms. The van der Waals surface area contributed by atoms with Gasteiger partial charge >= 0.3 is 5.97 Å². The summed E-state index contributed by atoms with van der Waals surface area (Å²) < 4.78 is 12.7. The fourth-order valence-corrected chi connectivity index (χ4v) is 3.69. The molecule has 4 heterocycles. The first-order chi connectivity index (χ1) is 10.2. The van der Waals surface area contributed by atoms with Crippen LogP contribution in [0.5, 0.6) is 0 Å². The number of carboxylic acids is 1. The predicted octanol–water partition coefficient (Wildman–Crippen LogP) is 0.994. The van der Waals surface area contributed by atoms with Crippen LogP contribution in [0, 0.1) is 0 Å². The smallest absolute Gasteiger partial charge is 0.332 e. The molecule has 2 aromatic heterocycles. The minimum absolute atomic E-state index is 0.228. The van der Waals surface area contributed by atoms with Crippen molar-refractivity contribution in [3.05, 3.63) is 10.8 Å². The maximum atomic E-state index is 10.9. The highest BCUT2D eigenvalue weighted by Crippen LogP contribution is 2.35. The van der Waals surface area contributed by atoms with E-state index >= 15 is 0 Å². The van der Waals surface area contributed by atoms with Gasteiger partial charge in [-0.3, -0.25) is 0 Å². The van der Waals surface area contributed by atoms with E-state index in [0.29, 0.717) is 24.4 Å². The average Bonchev–Trinajstić information content (AvgIpc) is 3.21. The highest BCUT2D eigenvalue weighted by Gasteiger charge is 2.34. The molecule has 8 nitrogen and oxygen atoms in total. The molecular weight excluding hydrogens is 296 g/mol. The van der Waals surface area contributed by atoms with Gasteiger partial charge in [0, 0.05) is 12.5 Å². The molecule has 0 spiro atoms. The van der Waals surface area contributed by atoms with E-state index in [2.05, 4.69) is 15.3 Å². The van der Waals surface area contributed by atoms with Gasteiger partial charge in [-0.05, 0) is 19.3 Å². The van der Waals surface area contributed by atoms with Gasteiger partial charge in [0.2, 0.25) is 4.96 Å². The van der Waals surface area contributed by atoms with E-state index in [1.54, 1.807) is 4.52 Å². The second kappa shape index (κ2) is 5.00. The maximum absolute atomic E-state index is 10.9. The van der Waals surface area contributed by atoms with Crippen LogP contribution in [0.3, 0.4) is 0 Å². The third kappa shape index (κ3) is 2.21. The van der Waals surface area contributed by atoms with E-state index in [0.717, 1.165) is 23.9 Å². The van der Waals surface area contributed by atoms with Crippen LogP contribution in [0.1, 0.15) is 42.1 Å². The lowest BCUT2D eigenvalue weighted by Gasteiger charge is -2.07. The Bertz CT molecular complexity index is 678. The fraction of sp³-hybridized carbons (Fsp3) is 0.667. The molecule has 2 aromatic rings. The van der Waals surface area contributed by atoms with E-state index in [1.807, 2.05) is 0 Å². The molecule has 21 heavy (non-hydrogen) atoms. The predicted molar refractivity (Wildman–Crippen MR) is 71.3 cm³/mol. The van der Waals surface area contributed by atoms with Crippen LogP contribution in [0.2, 0.25) is 0 Å². The van der Waals surface area contributed by atoms with Gasteiger partial charge in [-0.2, -0.15) is 9.61 Å². The van der Waals surface area contributed by atoms with Crippen LogP contribution in [0.15, 0.2) is 0 Å². The largest absolute Gasteiger partial charge is 0.479 e. The summed E-state index contributed by atoms with van der Waals surface area (Å²) >= 11 is 1.41. The minimum Gasteiger partial charge on any atom is -0.479 e. The second-order valence-corrected chi connectivity index (χ2v) is 6.27. The minimum atomic E-state index is -0.913. The molecule has 2 fully saturated rings. The number of carboxylic acid groups (broad SMARTS) is 1. The highest BCUT2D eigenvalue weighted by molar-refractivity contribution is 7.16. The Morgan fingerprint density at radius 1 is 1.33 bits per heavy atom. The summed E-state index contributed by atoms with van der Waals surface area (Å²) in [4.78, 5) is 11.7. The van der Waals surface area contributed by atoms with Crippen molar-refractivity contribution in [2.24, 2.45) is 0 Å². The van der Waals surface area contributed by atoms with Gasteiger partial charge in [-0.1, -0.05) is 11.3 Å². The Morgan fingerprint density at radius 2 is 2.24 bits per heavy atom. The molecule has 0 bridgehead atoms. The van der Waals surface area contributed by atoms with Crippen LogP contribution >= 0.6 is 11.3 Å². The third-order valence-corrected chi connectivity index (χ3v) is 4.89. The molecule has 0 amide bonds. The number of nitrogens with zero attached hydrogens (tertiary/aromatic N) is 4. The molecule has 0 radical (unpaired) electrons. The molecule has 0 aliphatic carbocycles. The van der Waals surface area contributed by atoms with Crippen molar-refractivity contribution < 1.29 is 19.4 Å². The van der Waals surface area contributed by atoms with Crippen molar-refractivity contribution in [3.63, 3.8) is 0 Å². The Morgan fingerprint density at radius 3 is 2.95 bits per heavy atom. The zero-order chi connectivity index (χ0) is 14.4. The van der Waals surface area contributed by atoms with Gasteiger partial charge < -0.3 is 14.6 Å². The normalized spacial score (nSPS) is 29.4. The van der Waals surface area contributed by atoms with Crippen LogP contribution in [0.25, 0.3) is 4.96 Å². The van der Waals surface area contributed by atoms with Gasteiger partial charge in [0.25, 0.3) is 0 Å². The summed E-state index contributed by atoms with van der Waals surface area (Å²) in [6, 6.07) is 0. The van der Waals surface area contributed by atoms with Gasteiger partial charge in [0.15, 0.2) is 11.9 Å². The summed E-state index contributed by atoms with van der Waals surface area (Å²) in [6.45, 7) is 1.39. The standard InChI is InChI=1S/C12H14N4O4S/c17-11(18)8-2-1-7(20-8)10-15-16-9(6-3-4-19-5-6)13-14-12(16)21-10/h6-8H,1-5H2,(H,17,18). The third-order valence-electron chi connectivity index (χ3n) is 3.90. The molecule has 2 aliphatic rings. The molecule has 112 valence electrons. The molecule has 3 unspecified atom stereocenters. The van der Waals surface area contributed by atoms with Crippen molar-refractivity contribution in [1.82, 2.24) is 19.8 Å². The lowest BCUT2D eigenvalue weighted by atomic mass is 10.1. The summed E-state index contributed by atoms with van der Waals surface area (Å²) in [7, 11) is 0. The van der Waals surface area contributed by atoms with E-state index < -0.39 is 12.1 Å². The first kappa shape index (κ1) is 13.1. The number of fused-ring (bicyclic) bond motifs is 1. The van der Waals surface area contributed by atoms with Crippen LogP contribution < -0.4 is 0 Å². The van der Waals surface area contributed by atoms with Crippen molar-refractivity contribution in [2.75, 3.05) is 13.2 Å². The number of carbonyl (C=O) groups is 1. The fourth-order valence-electron chi connectivity index (χ4n) is 2.77. The molecule has 0 aromatic carbocycles. The highest BCUT2D eigenvalue weighted by atomic mass is 32.1. The Balaban J connectivity index is 1.61. The summed E-state index contributed by atoms with van der Waals surface area (Å²) in [5, 5.41) is 22.6. The van der Waals surface area contributed by atoms with E-state index in [9.17, 15) is 4.79 Å². The number of aromatic nitrogens is 4. The molecule has 2 saturated heterocycles. The Labute approximate surface area is 123 Å². The van der Waals surface area contributed by atoms with E-state index in [-0.39, 0.29) is 12.0 Å². The molecule has 3 atom stereocenters. The topological polar surface area (TPSA) is 98.8 Å². The van der Waals surface area contributed by atoms with Crippen molar-refractivity contribution in [1.29, 1.82) is 0 Å². The number of ether oxygens (including phenoxy) is 2. The second-order valence-electron chi connectivity index (χ2n) is 5.28. The van der Waals surface area contributed by atoms with Gasteiger partial charge in [0.1, 0.15) is 11.1 Å². The number of hydrogen-bond acceptors (Lipinski definition) is 7.